The van der Waals surface area contributed by atoms with Crippen molar-refractivity contribution in [2.45, 2.75) is 33.7 Å². The molecule has 4 nitrogen and oxygen atoms in total. The number of nitrogens with two attached hydrogens (primary N) is 1. The molecule has 1 heterocycles. The molecule has 0 aliphatic heterocycles. The minimum Gasteiger partial charge on any atom is -0.352 e. The van der Waals surface area contributed by atoms with Gasteiger partial charge in [-0.1, -0.05) is 0 Å². The summed E-state index contributed by atoms with van der Waals surface area (Å²) in [6.45, 7) is 8.23. The third-order valence-corrected chi connectivity index (χ3v) is 2.80. The van der Waals surface area contributed by atoms with Crippen LogP contribution in [-0.4, -0.2) is 23.6 Å². The van der Waals surface area contributed by atoms with Gasteiger partial charge < -0.3 is 15.6 Å². The van der Waals surface area contributed by atoms with Gasteiger partial charge in [0.05, 0.1) is 5.56 Å². The van der Waals surface area contributed by atoms with Crippen molar-refractivity contribution in [3.63, 3.8) is 0 Å². The van der Waals surface area contributed by atoms with Crippen LogP contribution < -0.4 is 11.1 Å². The van der Waals surface area contributed by atoms with Crippen LogP contribution in [0.1, 0.15) is 35.1 Å². The average molecular weight is 260 g/mol. The van der Waals surface area contributed by atoms with Crippen molar-refractivity contribution >= 4 is 18.3 Å². The third kappa shape index (κ3) is 3.75. The molecule has 1 amide bonds. The molecule has 1 aromatic rings. The van der Waals surface area contributed by atoms with E-state index in [0.717, 1.165) is 29.9 Å². The van der Waals surface area contributed by atoms with Gasteiger partial charge in [-0.2, -0.15) is 0 Å². The van der Waals surface area contributed by atoms with Crippen LogP contribution in [-0.2, 0) is 6.54 Å². The van der Waals surface area contributed by atoms with Gasteiger partial charge in [0.15, 0.2) is 0 Å². The van der Waals surface area contributed by atoms with Crippen molar-refractivity contribution in [2.75, 3.05) is 13.1 Å². The van der Waals surface area contributed by atoms with Crippen molar-refractivity contribution in [2.24, 2.45) is 5.73 Å². The van der Waals surface area contributed by atoms with Crippen molar-refractivity contribution < 1.29 is 4.79 Å². The number of nitrogens with one attached hydrogen (secondary N) is 1. The Morgan fingerprint density at radius 1 is 1.47 bits per heavy atom. The lowest BCUT2D eigenvalue weighted by Gasteiger charge is -2.06. The molecule has 1 aromatic heterocycles. The molecule has 0 saturated heterocycles. The minimum atomic E-state index is 0. The first-order valence-corrected chi connectivity index (χ1v) is 5.76. The van der Waals surface area contributed by atoms with Gasteiger partial charge in [-0.05, 0) is 39.8 Å². The van der Waals surface area contributed by atoms with Crippen LogP contribution in [0, 0.1) is 13.8 Å². The molecule has 17 heavy (non-hydrogen) atoms. The summed E-state index contributed by atoms with van der Waals surface area (Å²) in [5.74, 6) is 0.00116. The first-order valence-electron chi connectivity index (χ1n) is 5.76. The molecule has 0 fully saturated rings. The van der Waals surface area contributed by atoms with Crippen molar-refractivity contribution in [3.8, 4) is 0 Å². The van der Waals surface area contributed by atoms with Crippen LogP contribution >= 0.6 is 12.4 Å². The maximum absolute atomic E-state index is 11.9. The van der Waals surface area contributed by atoms with Gasteiger partial charge in [0.25, 0.3) is 5.91 Å². The second-order valence-electron chi connectivity index (χ2n) is 3.93. The average Bonchev–Trinajstić information content (AvgIpc) is 2.54. The molecule has 0 aromatic carbocycles. The quantitative estimate of drug-likeness (QED) is 0.790. The maximum atomic E-state index is 11.9. The zero-order valence-electron chi connectivity index (χ0n) is 10.7. The number of aromatic nitrogens is 1. The summed E-state index contributed by atoms with van der Waals surface area (Å²) in [5, 5.41) is 2.87. The molecule has 3 N–H and O–H groups in total. The summed E-state index contributed by atoms with van der Waals surface area (Å²) in [6.07, 6.45) is 0.818. The van der Waals surface area contributed by atoms with E-state index in [1.165, 1.54) is 0 Å². The Morgan fingerprint density at radius 3 is 2.59 bits per heavy atom. The Labute approximate surface area is 109 Å². The fourth-order valence-corrected chi connectivity index (χ4v) is 1.92. The summed E-state index contributed by atoms with van der Waals surface area (Å²) in [5.41, 5.74) is 8.31. The van der Waals surface area contributed by atoms with Gasteiger partial charge in [0, 0.05) is 24.5 Å². The van der Waals surface area contributed by atoms with Gasteiger partial charge in [-0.3, -0.25) is 4.79 Å². The Bertz CT molecular complexity index is 374. The van der Waals surface area contributed by atoms with E-state index in [1.54, 1.807) is 0 Å². The molecule has 0 radical (unpaired) electrons. The monoisotopic (exact) mass is 259 g/mol. The second-order valence-corrected chi connectivity index (χ2v) is 3.93. The molecule has 0 spiro atoms. The highest BCUT2D eigenvalue weighted by atomic mass is 35.5. The van der Waals surface area contributed by atoms with Gasteiger partial charge in [0.2, 0.25) is 0 Å². The number of halogens is 1. The number of hydrogen-bond acceptors (Lipinski definition) is 2. The van der Waals surface area contributed by atoms with E-state index in [0.29, 0.717) is 13.1 Å². The number of rotatable bonds is 5. The third-order valence-electron chi connectivity index (χ3n) is 2.80. The standard InChI is InChI=1S/C12H21N3O.ClH/c1-4-15-9(2)8-11(10(15)3)12(16)14-7-5-6-13;/h8H,4-7,13H2,1-3H3,(H,14,16);1H. The number of carbonyl (C=O) groups excluding carboxylic acids is 1. The van der Waals surface area contributed by atoms with Crippen LogP contribution in [0.2, 0.25) is 0 Å². The molecule has 0 aliphatic rings. The molecule has 0 aliphatic carbocycles. The molecule has 5 heteroatoms. The van der Waals surface area contributed by atoms with E-state index in [9.17, 15) is 4.79 Å². The number of hydrogen-bond donors (Lipinski definition) is 2. The molecule has 0 saturated carbocycles. The van der Waals surface area contributed by atoms with Gasteiger partial charge in [0.1, 0.15) is 0 Å². The fourth-order valence-electron chi connectivity index (χ4n) is 1.92. The molecule has 0 bridgehead atoms. The Morgan fingerprint density at radius 2 is 2.12 bits per heavy atom. The smallest absolute Gasteiger partial charge is 0.253 e. The highest BCUT2D eigenvalue weighted by Crippen LogP contribution is 2.14. The predicted octanol–water partition coefficient (Wildman–Crippen LogP) is 1.63. The Balaban J connectivity index is 0.00000256. The van der Waals surface area contributed by atoms with Crippen LogP contribution in [0.5, 0.6) is 0 Å². The molecule has 98 valence electrons. The topological polar surface area (TPSA) is 60.0 Å². The van der Waals surface area contributed by atoms with Crippen LogP contribution in [0.3, 0.4) is 0 Å². The van der Waals surface area contributed by atoms with Gasteiger partial charge in [-0.25, -0.2) is 0 Å². The Kier molecular flexibility index (Phi) is 6.92. The molecular weight excluding hydrogens is 238 g/mol. The summed E-state index contributed by atoms with van der Waals surface area (Å²) < 4.78 is 2.14. The molecule has 1 rings (SSSR count). The zero-order chi connectivity index (χ0) is 12.1. The van der Waals surface area contributed by atoms with Crippen LogP contribution in [0.25, 0.3) is 0 Å². The molecular formula is C12H22ClN3O. The van der Waals surface area contributed by atoms with E-state index in [4.69, 9.17) is 5.73 Å². The summed E-state index contributed by atoms with van der Waals surface area (Å²) in [7, 11) is 0. The van der Waals surface area contributed by atoms with Crippen LogP contribution in [0.4, 0.5) is 0 Å². The SMILES string of the molecule is CCn1c(C)cc(C(=O)NCCCN)c1C.Cl. The highest BCUT2D eigenvalue weighted by molar-refractivity contribution is 5.95. The lowest BCUT2D eigenvalue weighted by molar-refractivity contribution is 0.0953. The number of amides is 1. The number of aryl methyl sites for hydroxylation is 1. The van der Waals surface area contributed by atoms with E-state index in [1.807, 2.05) is 19.9 Å². The highest BCUT2D eigenvalue weighted by Gasteiger charge is 2.13. The zero-order valence-corrected chi connectivity index (χ0v) is 11.6. The summed E-state index contributed by atoms with van der Waals surface area (Å²) in [4.78, 5) is 11.9. The van der Waals surface area contributed by atoms with E-state index >= 15 is 0 Å². The van der Waals surface area contributed by atoms with Gasteiger partial charge in [-0.15, -0.1) is 12.4 Å². The van der Waals surface area contributed by atoms with Crippen molar-refractivity contribution in [1.82, 2.24) is 9.88 Å². The normalized spacial score (nSPS) is 9.88. The summed E-state index contributed by atoms with van der Waals surface area (Å²) in [6, 6.07) is 1.94. The second kappa shape index (κ2) is 7.35. The minimum absolute atomic E-state index is 0. The largest absolute Gasteiger partial charge is 0.352 e. The lowest BCUT2D eigenvalue weighted by atomic mass is 10.2. The predicted molar refractivity (Wildman–Crippen MR) is 72.8 cm³/mol. The first kappa shape index (κ1) is 16.0. The van der Waals surface area contributed by atoms with Crippen molar-refractivity contribution in [1.29, 1.82) is 0 Å². The Hall–Kier alpha value is -1.00. The summed E-state index contributed by atoms with van der Waals surface area (Å²) >= 11 is 0. The maximum Gasteiger partial charge on any atom is 0.253 e. The van der Waals surface area contributed by atoms with E-state index in [-0.39, 0.29) is 18.3 Å². The number of nitrogens with zero attached hydrogens (tertiary/aromatic N) is 1. The number of carbonyl (C=O) groups is 1. The van der Waals surface area contributed by atoms with Crippen LogP contribution in [0.15, 0.2) is 6.07 Å². The fraction of sp³-hybridized carbons (Fsp3) is 0.583. The lowest BCUT2D eigenvalue weighted by Crippen LogP contribution is -2.26. The molecule has 0 atom stereocenters. The van der Waals surface area contributed by atoms with E-state index < -0.39 is 0 Å². The first-order chi connectivity index (χ1) is 7.61. The van der Waals surface area contributed by atoms with Gasteiger partial charge >= 0.3 is 0 Å². The van der Waals surface area contributed by atoms with E-state index in [2.05, 4.69) is 16.8 Å². The molecule has 0 unspecified atom stereocenters. The van der Waals surface area contributed by atoms with Crippen molar-refractivity contribution in [3.05, 3.63) is 23.0 Å².